The average Bonchev–Trinajstić information content (AvgIpc) is 2.39. The van der Waals surface area contributed by atoms with E-state index in [1.54, 1.807) is 12.1 Å². The van der Waals surface area contributed by atoms with E-state index in [4.69, 9.17) is 11.5 Å². The van der Waals surface area contributed by atoms with Gasteiger partial charge >= 0.3 is 0 Å². The molecule has 2 aromatic heterocycles. The maximum Gasteiger partial charge on any atom is 0.182 e. The van der Waals surface area contributed by atoms with Crippen molar-refractivity contribution in [3.8, 4) is 11.3 Å². The highest BCUT2D eigenvalue weighted by atomic mass is 15.0. The minimum absolute atomic E-state index is 0.354. The van der Waals surface area contributed by atoms with Crippen LogP contribution in [0.3, 0.4) is 0 Å². The van der Waals surface area contributed by atoms with Gasteiger partial charge < -0.3 is 11.5 Å². The largest absolute Gasteiger partial charge is 0.384 e. The number of fused-ring (bicyclic) bond motifs is 1. The summed E-state index contributed by atoms with van der Waals surface area (Å²) in [6, 6.07) is 13.2. The van der Waals surface area contributed by atoms with Crippen LogP contribution in [0.5, 0.6) is 0 Å². The first kappa shape index (κ1) is 10.5. The van der Waals surface area contributed by atoms with Crippen molar-refractivity contribution in [1.82, 2.24) is 15.0 Å². The Bertz CT molecular complexity index is 709. The molecule has 0 amide bonds. The van der Waals surface area contributed by atoms with Crippen molar-refractivity contribution in [2.45, 2.75) is 0 Å². The third-order valence-electron chi connectivity index (χ3n) is 2.62. The molecule has 0 aliphatic carbocycles. The summed E-state index contributed by atoms with van der Waals surface area (Å²) in [5.41, 5.74) is 14.3. The van der Waals surface area contributed by atoms with Crippen LogP contribution in [0, 0.1) is 0 Å². The molecule has 5 heteroatoms. The smallest absolute Gasteiger partial charge is 0.182 e. The Kier molecular flexibility index (Phi) is 2.30. The summed E-state index contributed by atoms with van der Waals surface area (Å²) in [6.07, 6.45) is 0. The number of rotatable bonds is 1. The number of hydrogen-bond acceptors (Lipinski definition) is 5. The second-order valence-corrected chi connectivity index (χ2v) is 3.90. The van der Waals surface area contributed by atoms with Gasteiger partial charge in [0.25, 0.3) is 0 Å². The first-order valence-electron chi connectivity index (χ1n) is 5.49. The molecule has 3 aromatic rings. The summed E-state index contributed by atoms with van der Waals surface area (Å²) in [6.45, 7) is 0. The molecule has 0 atom stereocenters. The molecule has 4 N–H and O–H groups in total. The van der Waals surface area contributed by atoms with E-state index in [0.717, 1.165) is 5.56 Å². The molecule has 0 saturated carbocycles. The van der Waals surface area contributed by atoms with Crippen LogP contribution in [-0.2, 0) is 0 Å². The van der Waals surface area contributed by atoms with Gasteiger partial charge in [-0.1, -0.05) is 30.3 Å². The molecule has 88 valence electrons. The van der Waals surface area contributed by atoms with Gasteiger partial charge in [-0.15, -0.1) is 0 Å². The van der Waals surface area contributed by atoms with Gasteiger partial charge in [-0.2, -0.15) is 0 Å². The fourth-order valence-corrected chi connectivity index (χ4v) is 1.78. The summed E-state index contributed by atoms with van der Waals surface area (Å²) in [4.78, 5) is 12.8. The third kappa shape index (κ3) is 1.71. The van der Waals surface area contributed by atoms with E-state index in [1.807, 2.05) is 30.3 Å². The van der Waals surface area contributed by atoms with Gasteiger partial charge in [0.2, 0.25) is 0 Å². The Balaban J connectivity index is 2.25. The van der Waals surface area contributed by atoms with Crippen molar-refractivity contribution in [2.75, 3.05) is 11.5 Å². The van der Waals surface area contributed by atoms with Crippen molar-refractivity contribution in [3.63, 3.8) is 0 Å². The van der Waals surface area contributed by atoms with Crippen LogP contribution in [0.15, 0.2) is 42.5 Å². The van der Waals surface area contributed by atoms with Crippen LogP contribution in [0.25, 0.3) is 22.4 Å². The molecule has 5 nitrogen and oxygen atoms in total. The lowest BCUT2D eigenvalue weighted by molar-refractivity contribution is 1.24. The molecule has 0 aliphatic rings. The zero-order valence-electron chi connectivity index (χ0n) is 9.54. The Labute approximate surface area is 104 Å². The number of nitrogen functional groups attached to an aromatic ring is 2. The van der Waals surface area contributed by atoms with E-state index in [2.05, 4.69) is 15.0 Å². The number of anilines is 2. The second-order valence-electron chi connectivity index (χ2n) is 3.90. The van der Waals surface area contributed by atoms with Crippen LogP contribution >= 0.6 is 0 Å². The summed E-state index contributed by atoms with van der Waals surface area (Å²) in [7, 11) is 0. The van der Waals surface area contributed by atoms with Gasteiger partial charge in [-0.3, -0.25) is 0 Å². The molecular formula is C13H11N5. The van der Waals surface area contributed by atoms with E-state index in [0.29, 0.717) is 28.5 Å². The minimum atomic E-state index is 0.354. The van der Waals surface area contributed by atoms with Gasteiger partial charge in [0.15, 0.2) is 11.5 Å². The summed E-state index contributed by atoms with van der Waals surface area (Å²) in [5, 5.41) is 0. The molecule has 0 fully saturated rings. The molecule has 0 unspecified atom stereocenters. The van der Waals surface area contributed by atoms with E-state index < -0.39 is 0 Å². The predicted octanol–water partition coefficient (Wildman–Crippen LogP) is 1.86. The molecule has 0 saturated heterocycles. The number of aromatic nitrogens is 3. The predicted molar refractivity (Wildman–Crippen MR) is 71.6 cm³/mol. The Morgan fingerprint density at radius 1 is 0.778 bits per heavy atom. The molecular weight excluding hydrogens is 226 g/mol. The van der Waals surface area contributed by atoms with Crippen molar-refractivity contribution in [2.24, 2.45) is 0 Å². The van der Waals surface area contributed by atoms with Crippen molar-refractivity contribution in [3.05, 3.63) is 42.5 Å². The fourth-order valence-electron chi connectivity index (χ4n) is 1.78. The van der Waals surface area contributed by atoms with Gasteiger partial charge in [0, 0.05) is 5.56 Å². The summed E-state index contributed by atoms with van der Waals surface area (Å²) < 4.78 is 0. The van der Waals surface area contributed by atoms with Crippen LogP contribution < -0.4 is 11.5 Å². The normalized spacial score (nSPS) is 10.7. The lowest BCUT2D eigenvalue weighted by Crippen LogP contribution is -2.00. The number of nitrogens with zero attached hydrogens (tertiary/aromatic N) is 3. The van der Waals surface area contributed by atoms with E-state index in [-0.39, 0.29) is 0 Å². The zero-order valence-corrected chi connectivity index (χ0v) is 9.54. The zero-order chi connectivity index (χ0) is 12.5. The highest BCUT2D eigenvalue weighted by Crippen LogP contribution is 2.24. The van der Waals surface area contributed by atoms with E-state index in [1.165, 1.54) is 0 Å². The van der Waals surface area contributed by atoms with Crippen LogP contribution in [0.1, 0.15) is 0 Å². The van der Waals surface area contributed by atoms with Gasteiger partial charge in [0.05, 0.1) is 0 Å². The highest BCUT2D eigenvalue weighted by molar-refractivity contribution is 5.80. The third-order valence-corrected chi connectivity index (χ3v) is 2.62. The van der Waals surface area contributed by atoms with Gasteiger partial charge in [-0.05, 0) is 12.1 Å². The fraction of sp³-hybridized carbons (Fsp3) is 0. The Morgan fingerprint density at radius 3 is 2.33 bits per heavy atom. The maximum atomic E-state index is 5.91. The standard InChI is InChI=1S/C13H11N5/c14-10-7-6-9-13(17-10)18-12(15)11(16-9)8-4-2-1-3-5-8/h1-7H,(H4,14,15,17,18). The maximum absolute atomic E-state index is 5.91. The second kappa shape index (κ2) is 3.96. The average molecular weight is 237 g/mol. The first-order valence-corrected chi connectivity index (χ1v) is 5.49. The SMILES string of the molecule is Nc1ccc2nc(-c3ccccc3)c(N)nc2n1. The van der Waals surface area contributed by atoms with Crippen LogP contribution in [0.4, 0.5) is 11.6 Å². The van der Waals surface area contributed by atoms with Gasteiger partial charge in [-0.25, -0.2) is 15.0 Å². The Hall–Kier alpha value is -2.69. The van der Waals surface area contributed by atoms with E-state index >= 15 is 0 Å². The van der Waals surface area contributed by atoms with Crippen LogP contribution in [-0.4, -0.2) is 15.0 Å². The van der Waals surface area contributed by atoms with Crippen molar-refractivity contribution >= 4 is 22.8 Å². The number of hydrogen-bond donors (Lipinski definition) is 2. The van der Waals surface area contributed by atoms with Crippen LogP contribution in [0.2, 0.25) is 0 Å². The van der Waals surface area contributed by atoms with Crippen molar-refractivity contribution in [1.29, 1.82) is 0 Å². The molecule has 0 spiro atoms. The number of pyridine rings is 1. The molecule has 0 aliphatic heterocycles. The molecule has 3 rings (SSSR count). The minimum Gasteiger partial charge on any atom is -0.384 e. The van der Waals surface area contributed by atoms with Gasteiger partial charge in [0.1, 0.15) is 17.0 Å². The Morgan fingerprint density at radius 2 is 1.56 bits per heavy atom. The lowest BCUT2D eigenvalue weighted by atomic mass is 10.1. The molecule has 0 bridgehead atoms. The molecule has 18 heavy (non-hydrogen) atoms. The molecule has 2 heterocycles. The van der Waals surface area contributed by atoms with Crippen molar-refractivity contribution < 1.29 is 0 Å². The molecule has 0 radical (unpaired) electrons. The van der Waals surface area contributed by atoms with E-state index in [9.17, 15) is 0 Å². The molecule has 1 aromatic carbocycles. The number of nitrogens with two attached hydrogens (primary N) is 2. The summed E-state index contributed by atoms with van der Waals surface area (Å²) >= 11 is 0. The monoisotopic (exact) mass is 237 g/mol. The quantitative estimate of drug-likeness (QED) is 0.674. The number of benzene rings is 1. The first-order chi connectivity index (χ1) is 8.74. The highest BCUT2D eigenvalue weighted by Gasteiger charge is 2.08. The topological polar surface area (TPSA) is 90.7 Å². The lowest BCUT2D eigenvalue weighted by Gasteiger charge is -2.06. The summed E-state index contributed by atoms with van der Waals surface area (Å²) in [5.74, 6) is 0.760.